The lowest BCUT2D eigenvalue weighted by Crippen LogP contribution is -2.47. The van der Waals surface area contributed by atoms with E-state index in [9.17, 15) is 14.7 Å². The molecule has 0 spiro atoms. The summed E-state index contributed by atoms with van der Waals surface area (Å²) in [5.74, 6) is -0.836. The zero-order valence-corrected chi connectivity index (χ0v) is 19.3. The van der Waals surface area contributed by atoms with E-state index in [2.05, 4.69) is 27.8 Å². The maximum atomic E-state index is 15.8. The molecular formula is C27H30FN3O3. The van der Waals surface area contributed by atoms with Gasteiger partial charge in [0.25, 0.3) is 0 Å². The molecule has 3 unspecified atom stereocenters. The number of halogens is 1. The number of benzene rings is 2. The van der Waals surface area contributed by atoms with Crippen LogP contribution in [0.25, 0.3) is 10.9 Å². The van der Waals surface area contributed by atoms with Crippen molar-refractivity contribution in [3.8, 4) is 0 Å². The maximum absolute atomic E-state index is 15.8. The van der Waals surface area contributed by atoms with Crippen LogP contribution in [0.4, 0.5) is 4.39 Å². The summed E-state index contributed by atoms with van der Waals surface area (Å²) < 4.78 is 15.8. The minimum atomic E-state index is -1.27. The van der Waals surface area contributed by atoms with Gasteiger partial charge in [-0.2, -0.15) is 0 Å². The molecule has 3 aromatic rings. The van der Waals surface area contributed by atoms with E-state index in [0.717, 1.165) is 12.0 Å². The molecule has 178 valence electrons. The topological polar surface area (TPSA) is 91.3 Å². The summed E-state index contributed by atoms with van der Waals surface area (Å²) in [6, 6.07) is 15.3. The monoisotopic (exact) mass is 463 g/mol. The second-order valence-corrected chi connectivity index (χ2v) is 9.21. The minimum Gasteiger partial charge on any atom is -0.385 e. The molecule has 1 aromatic heterocycles. The van der Waals surface area contributed by atoms with Crippen molar-refractivity contribution in [1.82, 2.24) is 15.6 Å². The van der Waals surface area contributed by atoms with Crippen molar-refractivity contribution < 1.29 is 19.1 Å². The Morgan fingerprint density at radius 1 is 1.32 bits per heavy atom. The Hall–Kier alpha value is -3.16. The molecule has 0 bridgehead atoms. The fourth-order valence-corrected chi connectivity index (χ4v) is 4.81. The van der Waals surface area contributed by atoms with Crippen molar-refractivity contribution >= 4 is 23.2 Å². The first-order valence-electron chi connectivity index (χ1n) is 11.7. The van der Waals surface area contributed by atoms with Gasteiger partial charge in [0.2, 0.25) is 12.3 Å². The molecule has 1 aliphatic heterocycles. The summed E-state index contributed by atoms with van der Waals surface area (Å²) in [7, 11) is 0. The number of amides is 2. The van der Waals surface area contributed by atoms with Crippen molar-refractivity contribution in [2.24, 2.45) is 0 Å². The quantitative estimate of drug-likeness (QED) is 0.443. The largest absolute Gasteiger partial charge is 0.385 e. The van der Waals surface area contributed by atoms with E-state index in [4.69, 9.17) is 0 Å². The normalized spacial score (nSPS) is 21.2. The number of hydrogen-bond acceptors (Lipinski definition) is 5. The van der Waals surface area contributed by atoms with E-state index >= 15 is 4.39 Å². The van der Waals surface area contributed by atoms with Crippen molar-refractivity contribution in [2.45, 2.75) is 56.6 Å². The second kappa shape index (κ2) is 10.4. The summed E-state index contributed by atoms with van der Waals surface area (Å²) in [4.78, 5) is 26.4. The first-order valence-corrected chi connectivity index (χ1v) is 11.7. The number of nitrogens with zero attached hydrogens (tertiary/aromatic N) is 1. The third kappa shape index (κ3) is 5.32. The first kappa shape index (κ1) is 24.0. The van der Waals surface area contributed by atoms with E-state index < -0.39 is 11.4 Å². The molecule has 0 saturated carbocycles. The number of aromatic nitrogens is 1. The van der Waals surface area contributed by atoms with Gasteiger partial charge in [-0.3, -0.25) is 19.9 Å². The van der Waals surface area contributed by atoms with Crippen molar-refractivity contribution in [1.29, 1.82) is 0 Å². The van der Waals surface area contributed by atoms with Gasteiger partial charge >= 0.3 is 0 Å². The van der Waals surface area contributed by atoms with Crippen LogP contribution in [-0.4, -0.2) is 35.0 Å². The SMILES string of the molecule is CC(CCC(=O)NC=O)c1cnc2ccc(C3(O)CCNC(Cc4ccccc4)C3)c(F)c2c1. The van der Waals surface area contributed by atoms with Gasteiger partial charge in [0.05, 0.1) is 11.1 Å². The molecule has 1 saturated heterocycles. The van der Waals surface area contributed by atoms with Crippen LogP contribution in [0.2, 0.25) is 0 Å². The summed E-state index contributed by atoms with van der Waals surface area (Å²) in [5.41, 5.74) is 1.54. The van der Waals surface area contributed by atoms with Gasteiger partial charge in [0.15, 0.2) is 0 Å². The highest BCUT2D eigenvalue weighted by Crippen LogP contribution is 2.37. The predicted molar refractivity (Wildman–Crippen MR) is 129 cm³/mol. The lowest BCUT2D eigenvalue weighted by molar-refractivity contribution is -0.125. The van der Waals surface area contributed by atoms with Crippen molar-refractivity contribution in [3.05, 3.63) is 77.2 Å². The molecule has 6 nitrogen and oxygen atoms in total. The lowest BCUT2D eigenvalue weighted by atomic mass is 9.79. The van der Waals surface area contributed by atoms with E-state index in [1.54, 1.807) is 24.4 Å². The molecule has 3 N–H and O–H groups in total. The predicted octanol–water partition coefficient (Wildman–Crippen LogP) is 3.71. The van der Waals surface area contributed by atoms with E-state index in [-0.39, 0.29) is 24.3 Å². The van der Waals surface area contributed by atoms with Crippen LogP contribution in [0.3, 0.4) is 0 Å². The Kier molecular flexibility index (Phi) is 7.34. The van der Waals surface area contributed by atoms with Crippen LogP contribution in [0.15, 0.2) is 54.7 Å². The van der Waals surface area contributed by atoms with Gasteiger partial charge in [0.1, 0.15) is 5.82 Å². The average Bonchev–Trinajstić information content (AvgIpc) is 2.83. The number of piperidine rings is 1. The highest BCUT2D eigenvalue weighted by Gasteiger charge is 2.38. The first-order chi connectivity index (χ1) is 16.4. The van der Waals surface area contributed by atoms with Gasteiger partial charge in [-0.05, 0) is 61.4 Å². The third-order valence-electron chi connectivity index (χ3n) is 6.80. The fraction of sp³-hybridized carbons (Fsp3) is 0.370. The van der Waals surface area contributed by atoms with Crippen molar-refractivity contribution in [3.63, 3.8) is 0 Å². The van der Waals surface area contributed by atoms with Gasteiger partial charge in [-0.15, -0.1) is 0 Å². The number of rotatable bonds is 8. The molecule has 4 rings (SSSR count). The number of imide groups is 1. The highest BCUT2D eigenvalue weighted by molar-refractivity contribution is 5.85. The average molecular weight is 464 g/mol. The Morgan fingerprint density at radius 2 is 2.12 bits per heavy atom. The van der Waals surface area contributed by atoms with Crippen molar-refractivity contribution in [2.75, 3.05) is 6.54 Å². The Balaban J connectivity index is 1.56. The smallest absolute Gasteiger partial charge is 0.226 e. The summed E-state index contributed by atoms with van der Waals surface area (Å²) in [6.45, 7) is 2.54. The molecule has 7 heteroatoms. The van der Waals surface area contributed by atoms with E-state index in [0.29, 0.717) is 48.7 Å². The minimum absolute atomic E-state index is 0.0400. The third-order valence-corrected chi connectivity index (χ3v) is 6.80. The molecule has 2 heterocycles. The van der Waals surface area contributed by atoms with E-state index in [1.807, 2.05) is 25.1 Å². The van der Waals surface area contributed by atoms with Crippen LogP contribution in [0.1, 0.15) is 55.2 Å². The zero-order chi connectivity index (χ0) is 24.1. The summed E-state index contributed by atoms with van der Waals surface area (Å²) in [5, 5.41) is 17.5. The molecule has 1 aliphatic rings. The molecule has 2 aromatic carbocycles. The van der Waals surface area contributed by atoms with Gasteiger partial charge in [0, 0.05) is 29.6 Å². The number of pyridine rings is 1. The molecule has 0 radical (unpaired) electrons. The molecular weight excluding hydrogens is 433 g/mol. The number of nitrogens with one attached hydrogen (secondary N) is 2. The van der Waals surface area contributed by atoms with Crippen LogP contribution in [0.5, 0.6) is 0 Å². The standard InChI is InChI=1S/C27H30FN3O3/c1-18(7-10-25(33)31-17-32)20-14-22-24(30-16-20)9-8-23(26(22)28)27(34)11-12-29-21(15-27)13-19-5-3-2-4-6-19/h2-6,8-9,14,16-18,21,29,34H,7,10-13,15H2,1H3,(H,31,32,33). The molecule has 2 amide bonds. The number of carbonyl (C=O) groups excluding carboxylic acids is 2. The van der Waals surface area contributed by atoms with Crippen LogP contribution >= 0.6 is 0 Å². The van der Waals surface area contributed by atoms with Gasteiger partial charge in [-0.25, -0.2) is 4.39 Å². The Bertz CT molecular complexity index is 1170. The lowest BCUT2D eigenvalue weighted by Gasteiger charge is -2.38. The molecule has 0 aliphatic carbocycles. The highest BCUT2D eigenvalue weighted by atomic mass is 19.1. The number of aliphatic hydroxyl groups is 1. The number of hydrogen-bond donors (Lipinski definition) is 3. The Labute approximate surface area is 198 Å². The Morgan fingerprint density at radius 3 is 2.88 bits per heavy atom. The second-order valence-electron chi connectivity index (χ2n) is 9.21. The van der Waals surface area contributed by atoms with Crippen LogP contribution in [0, 0.1) is 5.82 Å². The zero-order valence-electron chi connectivity index (χ0n) is 19.3. The van der Waals surface area contributed by atoms with E-state index in [1.165, 1.54) is 5.56 Å². The summed E-state index contributed by atoms with van der Waals surface area (Å²) >= 11 is 0. The summed E-state index contributed by atoms with van der Waals surface area (Å²) in [6.07, 6.45) is 4.37. The number of carbonyl (C=O) groups is 2. The van der Waals surface area contributed by atoms with Gasteiger partial charge < -0.3 is 10.4 Å². The molecule has 34 heavy (non-hydrogen) atoms. The fourth-order valence-electron chi connectivity index (χ4n) is 4.81. The molecule has 3 atom stereocenters. The number of fused-ring (bicyclic) bond motifs is 1. The van der Waals surface area contributed by atoms with Crippen LogP contribution in [-0.2, 0) is 21.6 Å². The molecule has 1 fully saturated rings. The van der Waals surface area contributed by atoms with Gasteiger partial charge in [-0.1, -0.05) is 43.3 Å². The van der Waals surface area contributed by atoms with Crippen LogP contribution < -0.4 is 10.6 Å². The maximum Gasteiger partial charge on any atom is 0.226 e.